The second-order valence-corrected chi connectivity index (χ2v) is 8.95. The summed E-state index contributed by atoms with van der Waals surface area (Å²) in [5.41, 5.74) is 4.50. The van der Waals surface area contributed by atoms with Crippen LogP contribution in [0.5, 0.6) is 0 Å². The third-order valence-corrected chi connectivity index (χ3v) is 6.44. The van der Waals surface area contributed by atoms with Crippen LogP contribution in [0.4, 0.5) is 13.2 Å². The summed E-state index contributed by atoms with van der Waals surface area (Å²) >= 11 is 0. The molecule has 31 heavy (non-hydrogen) atoms. The molecule has 0 aliphatic rings. The number of nitrogens with one attached hydrogen (secondary N) is 1. The molecule has 10 nitrogen and oxygen atoms in total. The number of rotatable bonds is 4. The minimum absolute atomic E-state index is 0.0363. The summed E-state index contributed by atoms with van der Waals surface area (Å²) in [6.45, 7) is 1.53. The maximum Gasteiger partial charge on any atom is 0.417 e. The summed E-state index contributed by atoms with van der Waals surface area (Å²) in [5, 5.41) is 3.95. The fraction of sp³-hybridized carbons (Fsp3) is 0.235. The highest BCUT2D eigenvalue weighted by atomic mass is 32.2. The van der Waals surface area contributed by atoms with Crippen molar-refractivity contribution >= 4 is 32.4 Å². The van der Waals surface area contributed by atoms with Gasteiger partial charge in [0.05, 0.1) is 20.9 Å². The highest BCUT2D eigenvalue weighted by Crippen LogP contribution is 2.35. The number of hydrogen-bond donors (Lipinski definition) is 2. The Labute approximate surface area is 172 Å². The maximum atomic E-state index is 13.1. The van der Waals surface area contributed by atoms with Crippen molar-refractivity contribution in [3.8, 4) is 11.4 Å². The van der Waals surface area contributed by atoms with E-state index in [0.29, 0.717) is 6.20 Å². The van der Waals surface area contributed by atoms with Crippen molar-refractivity contribution in [3.05, 3.63) is 35.8 Å². The van der Waals surface area contributed by atoms with Crippen molar-refractivity contribution in [2.75, 3.05) is 5.75 Å². The van der Waals surface area contributed by atoms with Gasteiger partial charge < -0.3 is 10.3 Å². The molecule has 4 heterocycles. The van der Waals surface area contributed by atoms with Gasteiger partial charge in [-0.3, -0.25) is 4.79 Å². The molecule has 14 heteroatoms. The molecule has 162 valence electrons. The van der Waals surface area contributed by atoms with Gasteiger partial charge in [-0.1, -0.05) is 6.92 Å². The molecule has 0 bridgehead atoms. The Bertz CT molecular complexity index is 1470. The molecule has 1 amide bonds. The molecule has 1 atom stereocenters. The van der Waals surface area contributed by atoms with Gasteiger partial charge in [0.1, 0.15) is 17.0 Å². The lowest BCUT2D eigenvalue weighted by molar-refractivity contribution is -0.137. The quantitative estimate of drug-likeness (QED) is 0.486. The van der Waals surface area contributed by atoms with Crippen LogP contribution >= 0.6 is 0 Å². The van der Waals surface area contributed by atoms with Gasteiger partial charge in [0.25, 0.3) is 5.91 Å². The number of aryl methyl sites for hydroxylation is 1. The third kappa shape index (κ3) is 3.19. The molecule has 0 saturated carbocycles. The Morgan fingerprint density at radius 2 is 2.00 bits per heavy atom. The zero-order chi connectivity index (χ0) is 22.7. The number of aromatic nitrogens is 6. The van der Waals surface area contributed by atoms with Gasteiger partial charge in [-0.15, -0.1) is 0 Å². The zero-order valence-corrected chi connectivity index (χ0v) is 17.0. The number of carbonyl (C=O) groups excluding carboxylic acids is 1. The third-order valence-electron chi connectivity index (χ3n) is 4.72. The van der Waals surface area contributed by atoms with E-state index in [0.717, 1.165) is 10.6 Å². The molecule has 0 radical (unpaired) electrons. The van der Waals surface area contributed by atoms with Crippen molar-refractivity contribution in [1.82, 2.24) is 29.1 Å². The van der Waals surface area contributed by atoms with E-state index in [1.165, 1.54) is 30.8 Å². The summed E-state index contributed by atoms with van der Waals surface area (Å²) < 4.78 is 62.9. The SMILES string of the molecule is CCS(=N)(=O)c1nn2c(C(N)=O)ccnc2c1-c1nc2cc(C(F)(F)F)cnc2n1C. The number of alkyl halides is 3. The van der Waals surface area contributed by atoms with E-state index in [2.05, 4.69) is 20.1 Å². The van der Waals surface area contributed by atoms with Gasteiger partial charge in [0.15, 0.2) is 16.3 Å². The van der Waals surface area contributed by atoms with Gasteiger partial charge in [-0.25, -0.2) is 28.5 Å². The lowest BCUT2D eigenvalue weighted by atomic mass is 10.2. The van der Waals surface area contributed by atoms with Crippen molar-refractivity contribution in [2.24, 2.45) is 12.8 Å². The summed E-state index contributed by atoms with van der Waals surface area (Å²) in [7, 11) is -1.94. The molecule has 0 aliphatic carbocycles. The molecule has 3 N–H and O–H groups in total. The maximum absolute atomic E-state index is 13.1. The van der Waals surface area contributed by atoms with Crippen LogP contribution in [-0.2, 0) is 23.0 Å². The lowest BCUT2D eigenvalue weighted by Crippen LogP contribution is -2.16. The number of nitrogens with two attached hydrogens (primary N) is 1. The molecule has 4 aromatic rings. The van der Waals surface area contributed by atoms with Crippen molar-refractivity contribution in [1.29, 1.82) is 4.78 Å². The molecule has 0 fully saturated rings. The van der Waals surface area contributed by atoms with Gasteiger partial charge in [-0.2, -0.15) is 18.3 Å². The van der Waals surface area contributed by atoms with E-state index in [1.807, 2.05) is 0 Å². The Kier molecular flexibility index (Phi) is 4.50. The standard InChI is InChI=1S/C17H15F3N8O2S/c1-3-31(22,30)16-11(14-23-5-4-10(12(21)29)28(14)26-16)15-25-9-6-8(17(18,19)20)7-24-13(9)27(15)2/h4-7,22H,3H2,1-2H3,(H2,21,29). The van der Waals surface area contributed by atoms with E-state index >= 15 is 0 Å². The first-order chi connectivity index (χ1) is 14.5. The number of fused-ring (bicyclic) bond motifs is 2. The average molecular weight is 452 g/mol. The predicted octanol–water partition coefficient (Wildman–Crippen LogP) is 2.22. The van der Waals surface area contributed by atoms with Gasteiger partial charge in [0, 0.05) is 25.2 Å². The van der Waals surface area contributed by atoms with Gasteiger partial charge in [-0.05, 0) is 12.1 Å². The van der Waals surface area contributed by atoms with Crippen LogP contribution in [-0.4, -0.2) is 45.0 Å². The van der Waals surface area contributed by atoms with Gasteiger partial charge >= 0.3 is 6.18 Å². The first kappa shape index (κ1) is 20.7. The van der Waals surface area contributed by atoms with Crippen LogP contribution in [0.2, 0.25) is 0 Å². The number of nitrogens with zero attached hydrogens (tertiary/aromatic N) is 6. The Morgan fingerprint density at radius 3 is 2.61 bits per heavy atom. The van der Waals surface area contributed by atoms with Crippen LogP contribution < -0.4 is 5.73 Å². The number of amides is 1. The van der Waals surface area contributed by atoms with Crippen molar-refractivity contribution in [3.63, 3.8) is 0 Å². The van der Waals surface area contributed by atoms with E-state index in [9.17, 15) is 22.2 Å². The summed E-state index contributed by atoms with van der Waals surface area (Å²) in [4.78, 5) is 24.1. The molecule has 4 rings (SSSR count). The average Bonchev–Trinajstić information content (AvgIpc) is 3.25. The molecule has 0 spiro atoms. The van der Waals surface area contributed by atoms with Crippen LogP contribution in [0.3, 0.4) is 0 Å². The minimum Gasteiger partial charge on any atom is -0.364 e. The summed E-state index contributed by atoms with van der Waals surface area (Å²) in [6, 6.07) is 2.15. The van der Waals surface area contributed by atoms with Crippen molar-refractivity contribution < 1.29 is 22.2 Å². The zero-order valence-electron chi connectivity index (χ0n) is 16.1. The van der Waals surface area contributed by atoms with Gasteiger partial charge in [0.2, 0.25) is 0 Å². The minimum atomic E-state index is -4.61. The van der Waals surface area contributed by atoms with E-state index in [1.54, 1.807) is 0 Å². The second kappa shape index (κ2) is 6.73. The molecule has 0 aromatic carbocycles. The molecule has 0 aliphatic heterocycles. The second-order valence-electron chi connectivity index (χ2n) is 6.63. The van der Waals surface area contributed by atoms with Crippen LogP contribution in [0.1, 0.15) is 23.0 Å². The topological polar surface area (TPSA) is 145 Å². The smallest absolute Gasteiger partial charge is 0.364 e. The van der Waals surface area contributed by atoms with Crippen LogP contribution in [0.15, 0.2) is 29.6 Å². The molecular weight excluding hydrogens is 437 g/mol. The van der Waals surface area contributed by atoms with Crippen molar-refractivity contribution in [2.45, 2.75) is 18.1 Å². The number of primary amides is 1. The summed E-state index contributed by atoms with van der Waals surface area (Å²) in [5.74, 6) is -0.882. The largest absolute Gasteiger partial charge is 0.417 e. The summed E-state index contributed by atoms with van der Waals surface area (Å²) in [6.07, 6.45) is -2.64. The molecule has 4 aromatic heterocycles. The molecule has 1 unspecified atom stereocenters. The van der Waals surface area contributed by atoms with Crippen LogP contribution in [0.25, 0.3) is 28.2 Å². The number of hydrogen-bond acceptors (Lipinski definition) is 7. The fourth-order valence-corrected chi connectivity index (χ4v) is 4.13. The number of halogens is 3. The molecule has 0 saturated heterocycles. The Morgan fingerprint density at radius 1 is 1.29 bits per heavy atom. The monoisotopic (exact) mass is 452 g/mol. The lowest BCUT2D eigenvalue weighted by Gasteiger charge is -2.06. The number of carbonyl (C=O) groups is 1. The normalized spacial score (nSPS) is 14.2. The fourth-order valence-electron chi connectivity index (χ4n) is 3.13. The van der Waals surface area contributed by atoms with Crippen LogP contribution in [0, 0.1) is 4.78 Å². The first-order valence-corrected chi connectivity index (χ1v) is 10.5. The Balaban J connectivity index is 2.11. The van der Waals surface area contributed by atoms with E-state index in [-0.39, 0.29) is 44.7 Å². The number of pyridine rings is 1. The Hall–Kier alpha value is -3.55. The van der Waals surface area contributed by atoms with E-state index in [4.69, 9.17) is 10.5 Å². The van der Waals surface area contributed by atoms with E-state index < -0.39 is 27.4 Å². The highest BCUT2D eigenvalue weighted by molar-refractivity contribution is 7.92. The number of imidazole rings is 1. The molecular formula is C17H15F3N8O2S. The first-order valence-electron chi connectivity index (χ1n) is 8.79. The predicted molar refractivity (Wildman–Crippen MR) is 104 cm³/mol. The highest BCUT2D eigenvalue weighted by Gasteiger charge is 2.33.